The van der Waals surface area contributed by atoms with Gasteiger partial charge in [0.1, 0.15) is 0 Å². The van der Waals surface area contributed by atoms with Crippen molar-refractivity contribution < 1.29 is 4.79 Å². The Hall–Kier alpha value is -1.15. The number of likely N-dealkylation sites (N-methyl/N-ethyl adjacent to an activating group) is 1. The number of hydrogen-bond donors (Lipinski definition) is 1. The van der Waals surface area contributed by atoms with Crippen LogP contribution in [0, 0.1) is 0 Å². The molecule has 0 saturated carbocycles. The first-order valence-electron chi connectivity index (χ1n) is 4.02. The standard InChI is InChI=1S/C10H13NO/c1-8(11-2)10(12)9-6-4-3-5-7-9/h3-8,11H,1-2H3. The molecule has 64 valence electrons. The van der Waals surface area contributed by atoms with Gasteiger partial charge in [0.15, 0.2) is 5.78 Å². The second-order valence-electron chi connectivity index (χ2n) is 2.74. The molecule has 0 aliphatic heterocycles. The van der Waals surface area contributed by atoms with E-state index in [-0.39, 0.29) is 11.8 Å². The topological polar surface area (TPSA) is 29.1 Å². The van der Waals surface area contributed by atoms with Gasteiger partial charge < -0.3 is 5.32 Å². The Morgan fingerprint density at radius 1 is 1.33 bits per heavy atom. The summed E-state index contributed by atoms with van der Waals surface area (Å²) in [6, 6.07) is 9.20. The van der Waals surface area contributed by atoms with Crippen molar-refractivity contribution in [2.75, 3.05) is 7.05 Å². The summed E-state index contributed by atoms with van der Waals surface area (Å²) in [6.07, 6.45) is 0. The molecule has 1 aromatic carbocycles. The normalized spacial score (nSPS) is 12.5. The quantitative estimate of drug-likeness (QED) is 0.684. The Bertz CT molecular complexity index is 256. The monoisotopic (exact) mass is 163 g/mol. The number of nitrogens with one attached hydrogen (secondary N) is 1. The first-order chi connectivity index (χ1) is 5.75. The molecule has 0 spiro atoms. The van der Waals surface area contributed by atoms with Crippen LogP contribution in [0.15, 0.2) is 30.3 Å². The minimum atomic E-state index is -0.104. The molecule has 1 rings (SSSR count). The maximum atomic E-state index is 11.5. The molecule has 0 amide bonds. The molecule has 0 fully saturated rings. The van der Waals surface area contributed by atoms with Crippen molar-refractivity contribution in [2.45, 2.75) is 13.0 Å². The van der Waals surface area contributed by atoms with E-state index in [1.165, 1.54) is 0 Å². The molecule has 0 aliphatic carbocycles. The van der Waals surface area contributed by atoms with Gasteiger partial charge in [-0.1, -0.05) is 30.3 Å². The Balaban J connectivity index is 2.79. The fraction of sp³-hybridized carbons (Fsp3) is 0.300. The largest absolute Gasteiger partial charge is 0.310 e. The van der Waals surface area contributed by atoms with Gasteiger partial charge in [-0.3, -0.25) is 4.79 Å². The third-order valence-corrected chi connectivity index (χ3v) is 1.88. The minimum absolute atomic E-state index is 0.104. The van der Waals surface area contributed by atoms with E-state index < -0.39 is 0 Å². The van der Waals surface area contributed by atoms with Crippen molar-refractivity contribution in [2.24, 2.45) is 0 Å². The summed E-state index contributed by atoms with van der Waals surface area (Å²) in [5, 5.41) is 2.91. The van der Waals surface area contributed by atoms with Crippen molar-refractivity contribution in [3.63, 3.8) is 0 Å². The van der Waals surface area contributed by atoms with Crippen molar-refractivity contribution in [1.29, 1.82) is 0 Å². The van der Waals surface area contributed by atoms with E-state index in [1.54, 1.807) is 7.05 Å². The Morgan fingerprint density at radius 2 is 1.92 bits per heavy atom. The zero-order valence-corrected chi connectivity index (χ0v) is 7.37. The number of ketones is 1. The summed E-state index contributed by atoms with van der Waals surface area (Å²) >= 11 is 0. The lowest BCUT2D eigenvalue weighted by Gasteiger charge is -2.07. The minimum Gasteiger partial charge on any atom is -0.310 e. The van der Waals surface area contributed by atoms with Gasteiger partial charge >= 0.3 is 0 Å². The molecular formula is C10H13NO. The van der Waals surface area contributed by atoms with Gasteiger partial charge in [0, 0.05) is 5.56 Å². The van der Waals surface area contributed by atoms with E-state index in [0.717, 1.165) is 5.56 Å². The molecule has 1 N–H and O–H groups in total. The van der Waals surface area contributed by atoms with Crippen LogP contribution >= 0.6 is 0 Å². The Labute approximate surface area is 72.6 Å². The van der Waals surface area contributed by atoms with Crippen LogP contribution in [0.5, 0.6) is 0 Å². The second-order valence-corrected chi connectivity index (χ2v) is 2.74. The van der Waals surface area contributed by atoms with Gasteiger partial charge in [0.2, 0.25) is 0 Å². The van der Waals surface area contributed by atoms with Crippen LogP contribution < -0.4 is 5.32 Å². The third-order valence-electron chi connectivity index (χ3n) is 1.88. The van der Waals surface area contributed by atoms with Crippen LogP contribution in [0.1, 0.15) is 17.3 Å². The number of rotatable bonds is 3. The highest BCUT2D eigenvalue weighted by molar-refractivity contribution is 5.99. The summed E-state index contributed by atoms with van der Waals surface area (Å²) in [5.74, 6) is 0.137. The zero-order valence-electron chi connectivity index (χ0n) is 7.37. The molecule has 0 heterocycles. The van der Waals surface area contributed by atoms with E-state index in [0.29, 0.717) is 0 Å². The number of benzene rings is 1. The number of carbonyl (C=O) groups excluding carboxylic acids is 1. The first kappa shape index (κ1) is 8.94. The summed E-state index contributed by atoms with van der Waals surface area (Å²) < 4.78 is 0. The third kappa shape index (κ3) is 1.92. The van der Waals surface area contributed by atoms with Gasteiger partial charge in [-0.2, -0.15) is 0 Å². The van der Waals surface area contributed by atoms with Crippen LogP contribution in [0.2, 0.25) is 0 Å². The SMILES string of the molecule is CNC(C)C(=O)c1ccccc1. The molecule has 0 radical (unpaired) electrons. The van der Waals surface area contributed by atoms with Crippen LogP contribution in [-0.2, 0) is 0 Å². The van der Waals surface area contributed by atoms with Crippen LogP contribution in [-0.4, -0.2) is 18.9 Å². The average Bonchev–Trinajstić information content (AvgIpc) is 2.17. The van der Waals surface area contributed by atoms with E-state index in [2.05, 4.69) is 5.32 Å². The molecule has 1 atom stereocenters. The molecule has 0 aromatic heterocycles. The first-order valence-corrected chi connectivity index (χ1v) is 4.02. The van der Waals surface area contributed by atoms with Crippen LogP contribution in [0.25, 0.3) is 0 Å². The smallest absolute Gasteiger partial charge is 0.179 e. The molecule has 1 aromatic rings. The lowest BCUT2D eigenvalue weighted by atomic mass is 10.1. The molecule has 1 unspecified atom stereocenters. The zero-order chi connectivity index (χ0) is 8.97. The summed E-state index contributed by atoms with van der Waals surface area (Å²) in [7, 11) is 1.78. The Morgan fingerprint density at radius 3 is 2.42 bits per heavy atom. The lowest BCUT2D eigenvalue weighted by Crippen LogP contribution is -2.30. The van der Waals surface area contributed by atoms with Gasteiger partial charge in [0.05, 0.1) is 6.04 Å². The van der Waals surface area contributed by atoms with Crippen molar-refractivity contribution >= 4 is 5.78 Å². The molecule has 0 aliphatic rings. The highest BCUT2D eigenvalue weighted by Crippen LogP contribution is 2.02. The van der Waals surface area contributed by atoms with Gasteiger partial charge in [-0.15, -0.1) is 0 Å². The number of carbonyl (C=O) groups is 1. The van der Waals surface area contributed by atoms with Gasteiger partial charge in [-0.25, -0.2) is 0 Å². The predicted molar refractivity (Wildman–Crippen MR) is 49.3 cm³/mol. The number of Topliss-reactive ketones (excluding diaryl/α,β-unsaturated/α-hetero) is 1. The highest BCUT2D eigenvalue weighted by atomic mass is 16.1. The van der Waals surface area contributed by atoms with Gasteiger partial charge in [0.25, 0.3) is 0 Å². The highest BCUT2D eigenvalue weighted by Gasteiger charge is 2.11. The van der Waals surface area contributed by atoms with E-state index in [1.807, 2.05) is 37.3 Å². The maximum absolute atomic E-state index is 11.5. The fourth-order valence-corrected chi connectivity index (χ4v) is 0.984. The Kier molecular flexibility index (Phi) is 3.00. The fourth-order valence-electron chi connectivity index (χ4n) is 0.984. The van der Waals surface area contributed by atoms with Crippen molar-refractivity contribution in [3.8, 4) is 0 Å². The maximum Gasteiger partial charge on any atom is 0.179 e. The molecule has 12 heavy (non-hydrogen) atoms. The summed E-state index contributed by atoms with van der Waals surface area (Å²) in [5.41, 5.74) is 0.763. The van der Waals surface area contributed by atoms with Crippen LogP contribution in [0.3, 0.4) is 0 Å². The molecule has 2 heteroatoms. The molecule has 0 saturated heterocycles. The van der Waals surface area contributed by atoms with E-state index >= 15 is 0 Å². The summed E-state index contributed by atoms with van der Waals surface area (Å²) in [6.45, 7) is 1.86. The van der Waals surface area contributed by atoms with E-state index in [9.17, 15) is 4.79 Å². The lowest BCUT2D eigenvalue weighted by molar-refractivity contribution is 0.0955. The van der Waals surface area contributed by atoms with Crippen molar-refractivity contribution in [1.82, 2.24) is 5.32 Å². The average molecular weight is 163 g/mol. The van der Waals surface area contributed by atoms with Crippen LogP contribution in [0.4, 0.5) is 0 Å². The van der Waals surface area contributed by atoms with E-state index in [4.69, 9.17) is 0 Å². The number of hydrogen-bond acceptors (Lipinski definition) is 2. The molecule has 0 bridgehead atoms. The van der Waals surface area contributed by atoms with Crippen molar-refractivity contribution in [3.05, 3.63) is 35.9 Å². The second kappa shape index (κ2) is 4.02. The predicted octanol–water partition coefficient (Wildman–Crippen LogP) is 1.48. The molecular weight excluding hydrogens is 150 g/mol. The molecule has 2 nitrogen and oxygen atoms in total. The van der Waals surface area contributed by atoms with Gasteiger partial charge in [-0.05, 0) is 14.0 Å². The summed E-state index contributed by atoms with van der Waals surface area (Å²) in [4.78, 5) is 11.5.